The summed E-state index contributed by atoms with van der Waals surface area (Å²) in [5.74, 6) is 1.39. The molecule has 2 rings (SSSR count). The lowest BCUT2D eigenvalue weighted by molar-refractivity contribution is -0.143. The number of alkyl halides is 3. The third-order valence-corrected chi connectivity index (χ3v) is 5.84. The number of likely N-dealkylation sites (tertiary alicyclic amines) is 1. The molecule has 1 aliphatic heterocycles. The molecule has 1 saturated carbocycles. The largest absolute Gasteiger partial charge is 0.401 e. The summed E-state index contributed by atoms with van der Waals surface area (Å²) in [7, 11) is 5.97. The molecule has 0 radical (unpaired) electrons. The van der Waals surface area contributed by atoms with E-state index in [4.69, 9.17) is 0 Å². The van der Waals surface area contributed by atoms with E-state index in [2.05, 4.69) is 41.5 Å². The molecular weight excluding hydrogens is 470 g/mol. The third kappa shape index (κ3) is 7.56. The van der Waals surface area contributed by atoms with Crippen molar-refractivity contribution in [1.82, 2.24) is 20.4 Å². The van der Waals surface area contributed by atoms with Crippen LogP contribution in [0.3, 0.4) is 0 Å². The Hall–Kier alpha value is -0.290. The van der Waals surface area contributed by atoms with Gasteiger partial charge in [-0.3, -0.25) is 9.89 Å². The highest BCUT2D eigenvalue weighted by molar-refractivity contribution is 14.0. The highest BCUT2D eigenvalue weighted by atomic mass is 127. The van der Waals surface area contributed by atoms with Crippen LogP contribution in [0, 0.1) is 5.92 Å². The topological polar surface area (TPSA) is 42.9 Å². The number of rotatable bonds is 5. The van der Waals surface area contributed by atoms with Crippen LogP contribution >= 0.6 is 24.0 Å². The SMILES string of the molecule is CN=C(NCC1(N(C)C)CCCC(C)C1)NC1CCN(CC(F)(F)F)C1.I. The molecule has 0 amide bonds. The summed E-state index contributed by atoms with van der Waals surface area (Å²) >= 11 is 0. The normalized spacial score (nSPS) is 30.3. The molecule has 2 aliphatic rings. The van der Waals surface area contributed by atoms with Gasteiger partial charge >= 0.3 is 6.18 Å². The predicted octanol–water partition coefficient (Wildman–Crippen LogP) is 2.92. The zero-order valence-electron chi connectivity index (χ0n) is 16.9. The van der Waals surface area contributed by atoms with Crippen LogP contribution in [0.1, 0.15) is 39.0 Å². The highest BCUT2D eigenvalue weighted by Crippen LogP contribution is 2.35. The van der Waals surface area contributed by atoms with Gasteiger partial charge in [0.1, 0.15) is 0 Å². The number of nitrogens with zero attached hydrogens (tertiary/aromatic N) is 3. The molecular formula is C18H35F3IN5. The van der Waals surface area contributed by atoms with E-state index < -0.39 is 12.7 Å². The number of halogens is 4. The molecule has 3 unspecified atom stereocenters. The maximum absolute atomic E-state index is 12.5. The fraction of sp³-hybridized carbons (Fsp3) is 0.944. The molecule has 2 N–H and O–H groups in total. The second-order valence-electron chi connectivity index (χ2n) is 8.23. The fourth-order valence-electron chi connectivity index (χ4n) is 4.34. The molecule has 0 aromatic heterocycles. The molecule has 2 fully saturated rings. The Morgan fingerprint density at radius 2 is 2.00 bits per heavy atom. The molecule has 0 aromatic carbocycles. The minimum atomic E-state index is -4.13. The van der Waals surface area contributed by atoms with Crippen LogP contribution in [-0.2, 0) is 0 Å². The lowest BCUT2D eigenvalue weighted by Crippen LogP contribution is -2.57. The van der Waals surface area contributed by atoms with Gasteiger partial charge in [0.2, 0.25) is 0 Å². The van der Waals surface area contributed by atoms with Crippen molar-refractivity contribution >= 4 is 29.9 Å². The van der Waals surface area contributed by atoms with E-state index >= 15 is 0 Å². The molecule has 0 aromatic rings. The van der Waals surface area contributed by atoms with Gasteiger partial charge < -0.3 is 15.5 Å². The maximum atomic E-state index is 12.5. The van der Waals surface area contributed by atoms with E-state index in [9.17, 15) is 13.2 Å². The monoisotopic (exact) mass is 505 g/mol. The van der Waals surface area contributed by atoms with Crippen molar-refractivity contribution in [2.24, 2.45) is 10.9 Å². The predicted molar refractivity (Wildman–Crippen MR) is 115 cm³/mol. The second-order valence-corrected chi connectivity index (χ2v) is 8.23. The summed E-state index contributed by atoms with van der Waals surface area (Å²) in [4.78, 5) is 8.04. The van der Waals surface area contributed by atoms with Crippen LogP contribution in [0.2, 0.25) is 0 Å². The number of hydrogen-bond acceptors (Lipinski definition) is 3. The molecule has 3 atom stereocenters. The van der Waals surface area contributed by atoms with E-state index in [1.54, 1.807) is 7.05 Å². The van der Waals surface area contributed by atoms with Crippen molar-refractivity contribution < 1.29 is 13.2 Å². The van der Waals surface area contributed by atoms with Crippen molar-refractivity contribution in [1.29, 1.82) is 0 Å². The van der Waals surface area contributed by atoms with E-state index in [1.165, 1.54) is 17.7 Å². The second kappa shape index (κ2) is 10.5. The van der Waals surface area contributed by atoms with Gasteiger partial charge in [-0.05, 0) is 39.3 Å². The zero-order valence-corrected chi connectivity index (χ0v) is 19.2. The smallest absolute Gasteiger partial charge is 0.355 e. The first-order valence-electron chi connectivity index (χ1n) is 9.57. The first-order valence-corrected chi connectivity index (χ1v) is 9.57. The van der Waals surface area contributed by atoms with Crippen molar-refractivity contribution in [3.8, 4) is 0 Å². The number of hydrogen-bond donors (Lipinski definition) is 2. The first kappa shape index (κ1) is 24.7. The van der Waals surface area contributed by atoms with Crippen molar-refractivity contribution in [2.45, 2.75) is 56.8 Å². The average Bonchev–Trinajstić information content (AvgIpc) is 2.96. The molecule has 0 bridgehead atoms. The van der Waals surface area contributed by atoms with Gasteiger partial charge in [0.05, 0.1) is 6.54 Å². The molecule has 1 heterocycles. The average molecular weight is 505 g/mol. The van der Waals surface area contributed by atoms with Gasteiger partial charge in [0.15, 0.2) is 5.96 Å². The Morgan fingerprint density at radius 3 is 2.56 bits per heavy atom. The number of aliphatic imine (C=N–C) groups is 1. The Morgan fingerprint density at radius 1 is 1.30 bits per heavy atom. The Bertz CT molecular complexity index is 486. The van der Waals surface area contributed by atoms with Gasteiger partial charge in [0, 0.05) is 38.3 Å². The number of likely N-dealkylation sites (N-methyl/N-ethyl adjacent to an activating group) is 1. The summed E-state index contributed by atoms with van der Waals surface area (Å²) in [6, 6.07) is 0.00383. The number of guanidine groups is 1. The lowest BCUT2D eigenvalue weighted by Gasteiger charge is -2.45. The van der Waals surface area contributed by atoms with Gasteiger partial charge in [-0.2, -0.15) is 13.2 Å². The summed E-state index contributed by atoms with van der Waals surface area (Å²) in [5, 5.41) is 6.73. The third-order valence-electron chi connectivity index (χ3n) is 5.84. The van der Waals surface area contributed by atoms with Crippen LogP contribution in [0.25, 0.3) is 0 Å². The molecule has 5 nitrogen and oxygen atoms in total. The van der Waals surface area contributed by atoms with Crippen LogP contribution < -0.4 is 10.6 Å². The Labute approximate surface area is 178 Å². The van der Waals surface area contributed by atoms with Crippen molar-refractivity contribution in [3.05, 3.63) is 0 Å². The first-order chi connectivity index (χ1) is 12.1. The van der Waals surface area contributed by atoms with Gasteiger partial charge in [0.25, 0.3) is 0 Å². The summed E-state index contributed by atoms with van der Waals surface area (Å²) in [6.07, 6.45) is 1.36. The molecule has 160 valence electrons. The minimum Gasteiger partial charge on any atom is -0.355 e. The van der Waals surface area contributed by atoms with Gasteiger partial charge in [-0.15, -0.1) is 24.0 Å². The summed E-state index contributed by atoms with van der Waals surface area (Å²) in [6.45, 7) is 3.13. The lowest BCUT2D eigenvalue weighted by atomic mass is 9.75. The quantitative estimate of drug-likeness (QED) is 0.343. The maximum Gasteiger partial charge on any atom is 0.401 e. The highest BCUT2D eigenvalue weighted by Gasteiger charge is 2.37. The standard InChI is InChI=1S/C18H34F3N5.HI/c1-14-6-5-8-17(10-14,25(3)4)12-23-16(22-2)24-15-7-9-26(11-15)13-18(19,20)21;/h14-15H,5-13H2,1-4H3,(H2,22,23,24);1H. The summed E-state index contributed by atoms with van der Waals surface area (Å²) in [5.41, 5.74) is 0.104. The Balaban J connectivity index is 0.00000364. The summed E-state index contributed by atoms with van der Waals surface area (Å²) < 4.78 is 37.6. The minimum absolute atomic E-state index is 0. The fourth-order valence-corrected chi connectivity index (χ4v) is 4.34. The van der Waals surface area contributed by atoms with Crippen LogP contribution in [0.4, 0.5) is 13.2 Å². The molecule has 9 heteroatoms. The molecule has 27 heavy (non-hydrogen) atoms. The van der Waals surface area contributed by atoms with Crippen LogP contribution in [0.15, 0.2) is 4.99 Å². The van der Waals surface area contributed by atoms with Crippen molar-refractivity contribution in [2.75, 3.05) is 47.3 Å². The van der Waals surface area contributed by atoms with E-state index in [0.29, 0.717) is 31.4 Å². The zero-order chi connectivity index (χ0) is 19.4. The van der Waals surface area contributed by atoms with Crippen LogP contribution in [-0.4, -0.2) is 80.8 Å². The Kier molecular flexibility index (Phi) is 9.60. The molecule has 0 spiro atoms. The van der Waals surface area contributed by atoms with E-state index in [1.807, 2.05) is 0 Å². The molecule has 1 aliphatic carbocycles. The number of nitrogens with one attached hydrogen (secondary N) is 2. The van der Waals surface area contributed by atoms with Crippen LogP contribution in [0.5, 0.6) is 0 Å². The van der Waals surface area contributed by atoms with Gasteiger partial charge in [-0.25, -0.2) is 0 Å². The van der Waals surface area contributed by atoms with E-state index in [0.717, 1.165) is 19.4 Å². The van der Waals surface area contributed by atoms with Gasteiger partial charge in [-0.1, -0.05) is 19.8 Å². The van der Waals surface area contributed by atoms with E-state index in [-0.39, 0.29) is 35.6 Å². The molecule has 1 saturated heterocycles. The van der Waals surface area contributed by atoms with Crippen molar-refractivity contribution in [3.63, 3.8) is 0 Å².